The number of hydrogen-bond donors (Lipinski definition) is 2. The van der Waals surface area contributed by atoms with E-state index in [4.69, 9.17) is 5.11 Å². The third-order valence-electron chi connectivity index (χ3n) is 2.06. The first kappa shape index (κ1) is 11.6. The maximum absolute atomic E-state index is 10.8. The molecule has 2 N–H and O–H groups in total. The van der Waals surface area contributed by atoms with Gasteiger partial charge in [0.05, 0.1) is 6.54 Å². The third-order valence-corrected chi connectivity index (χ3v) is 2.06. The largest absolute Gasteiger partial charge is 0.480 e. The van der Waals surface area contributed by atoms with Crippen LogP contribution in [-0.4, -0.2) is 27.3 Å². The maximum Gasteiger partial charge on any atom is 0.320 e. The zero-order valence-electron chi connectivity index (χ0n) is 8.64. The van der Waals surface area contributed by atoms with Gasteiger partial charge in [-0.3, -0.25) is 10.1 Å². The molecule has 1 aromatic rings. The third kappa shape index (κ3) is 4.07. The predicted molar refractivity (Wildman–Crippen MR) is 52.1 cm³/mol. The Kier molecular flexibility index (Phi) is 4.76. The minimum Gasteiger partial charge on any atom is -0.480 e. The summed E-state index contributed by atoms with van der Waals surface area (Å²) in [7, 11) is 0. The van der Waals surface area contributed by atoms with Crippen molar-refractivity contribution in [3.63, 3.8) is 0 Å². The molecule has 0 aliphatic carbocycles. The average Bonchev–Trinajstić information content (AvgIpc) is 2.70. The number of aliphatic carboxylic acids is 1. The molecule has 15 heavy (non-hydrogen) atoms. The molecule has 1 aromatic heterocycles. The standard InChI is InChI=1S/C9H15N3O3/c1-2-3-4-7(9(13)14)10-5-8-11-6-15-12-8/h6-7,10H,2-5H2,1H3,(H,13,14). The SMILES string of the molecule is CCCCC(NCc1ncon1)C(=O)O. The maximum atomic E-state index is 10.8. The molecule has 0 fully saturated rings. The summed E-state index contributed by atoms with van der Waals surface area (Å²) in [6.45, 7) is 2.34. The van der Waals surface area contributed by atoms with Gasteiger partial charge in [-0.2, -0.15) is 4.98 Å². The van der Waals surface area contributed by atoms with Gasteiger partial charge in [0.2, 0.25) is 6.39 Å². The molecule has 0 radical (unpaired) electrons. The fraction of sp³-hybridized carbons (Fsp3) is 0.667. The van der Waals surface area contributed by atoms with Gasteiger partial charge in [0, 0.05) is 0 Å². The summed E-state index contributed by atoms with van der Waals surface area (Å²) >= 11 is 0. The first-order chi connectivity index (χ1) is 7.24. The summed E-state index contributed by atoms with van der Waals surface area (Å²) < 4.78 is 4.54. The van der Waals surface area contributed by atoms with Crippen molar-refractivity contribution < 1.29 is 14.4 Å². The van der Waals surface area contributed by atoms with Gasteiger partial charge < -0.3 is 9.63 Å². The number of carboxylic acids is 1. The van der Waals surface area contributed by atoms with E-state index < -0.39 is 12.0 Å². The van der Waals surface area contributed by atoms with Crippen molar-refractivity contribution >= 4 is 5.97 Å². The van der Waals surface area contributed by atoms with Crippen molar-refractivity contribution in [2.75, 3.05) is 0 Å². The van der Waals surface area contributed by atoms with Crippen molar-refractivity contribution in [3.8, 4) is 0 Å². The average molecular weight is 213 g/mol. The van der Waals surface area contributed by atoms with E-state index in [9.17, 15) is 4.79 Å². The van der Waals surface area contributed by atoms with Crippen LogP contribution >= 0.6 is 0 Å². The van der Waals surface area contributed by atoms with Gasteiger partial charge in [0.1, 0.15) is 6.04 Å². The van der Waals surface area contributed by atoms with E-state index in [0.29, 0.717) is 18.8 Å². The van der Waals surface area contributed by atoms with Crippen LogP contribution in [0.2, 0.25) is 0 Å². The molecule has 1 atom stereocenters. The van der Waals surface area contributed by atoms with Crippen LogP contribution in [0, 0.1) is 0 Å². The van der Waals surface area contributed by atoms with Crippen LogP contribution in [0.1, 0.15) is 32.0 Å². The molecule has 84 valence electrons. The molecular weight excluding hydrogens is 198 g/mol. The zero-order valence-corrected chi connectivity index (χ0v) is 8.64. The second-order valence-electron chi connectivity index (χ2n) is 3.26. The fourth-order valence-corrected chi connectivity index (χ4v) is 1.21. The number of nitrogens with zero attached hydrogens (tertiary/aromatic N) is 2. The first-order valence-corrected chi connectivity index (χ1v) is 4.95. The van der Waals surface area contributed by atoms with Gasteiger partial charge >= 0.3 is 5.97 Å². The van der Waals surface area contributed by atoms with E-state index >= 15 is 0 Å². The summed E-state index contributed by atoms with van der Waals surface area (Å²) in [6, 6.07) is -0.538. The van der Waals surface area contributed by atoms with Gasteiger partial charge in [0.25, 0.3) is 0 Å². The van der Waals surface area contributed by atoms with Gasteiger partial charge in [-0.05, 0) is 6.42 Å². The van der Waals surface area contributed by atoms with E-state index in [2.05, 4.69) is 20.0 Å². The predicted octanol–water partition coefficient (Wildman–Crippen LogP) is 0.803. The number of carboxylic acid groups (broad SMARTS) is 1. The van der Waals surface area contributed by atoms with Gasteiger partial charge in [-0.25, -0.2) is 0 Å². The number of hydrogen-bond acceptors (Lipinski definition) is 5. The molecule has 0 saturated carbocycles. The Morgan fingerprint density at radius 2 is 2.53 bits per heavy atom. The minimum absolute atomic E-state index is 0.317. The van der Waals surface area contributed by atoms with Crippen LogP contribution in [0.5, 0.6) is 0 Å². The first-order valence-electron chi connectivity index (χ1n) is 4.95. The Morgan fingerprint density at radius 1 is 1.73 bits per heavy atom. The van der Waals surface area contributed by atoms with E-state index in [1.807, 2.05) is 6.92 Å². The molecule has 1 heterocycles. The van der Waals surface area contributed by atoms with Crippen LogP contribution in [0.25, 0.3) is 0 Å². The normalized spacial score (nSPS) is 12.6. The van der Waals surface area contributed by atoms with Crippen LogP contribution in [-0.2, 0) is 11.3 Å². The van der Waals surface area contributed by atoms with Crippen molar-refractivity contribution in [2.45, 2.75) is 38.8 Å². The summed E-state index contributed by atoms with van der Waals surface area (Å²) in [5.41, 5.74) is 0. The van der Waals surface area contributed by atoms with Crippen LogP contribution in [0.3, 0.4) is 0 Å². The summed E-state index contributed by atoms with van der Waals surface area (Å²) in [5.74, 6) is -0.371. The van der Waals surface area contributed by atoms with E-state index in [-0.39, 0.29) is 0 Å². The lowest BCUT2D eigenvalue weighted by Gasteiger charge is -2.11. The van der Waals surface area contributed by atoms with E-state index in [1.54, 1.807) is 0 Å². The molecule has 6 heteroatoms. The van der Waals surface area contributed by atoms with E-state index in [1.165, 1.54) is 6.39 Å². The van der Waals surface area contributed by atoms with Gasteiger partial charge in [0.15, 0.2) is 5.82 Å². The van der Waals surface area contributed by atoms with Crippen molar-refractivity contribution in [1.29, 1.82) is 0 Å². The van der Waals surface area contributed by atoms with Crippen LogP contribution in [0.15, 0.2) is 10.9 Å². The Morgan fingerprint density at radius 3 is 3.07 bits per heavy atom. The lowest BCUT2D eigenvalue weighted by Crippen LogP contribution is -2.36. The molecule has 6 nitrogen and oxygen atoms in total. The molecule has 1 rings (SSSR count). The minimum atomic E-state index is -0.841. The number of rotatable bonds is 7. The summed E-state index contributed by atoms with van der Waals surface area (Å²) in [5, 5.41) is 15.4. The lowest BCUT2D eigenvalue weighted by molar-refractivity contribution is -0.139. The molecule has 0 saturated heterocycles. The smallest absolute Gasteiger partial charge is 0.320 e. The number of aromatic nitrogens is 2. The van der Waals surface area contributed by atoms with Crippen molar-refractivity contribution in [2.24, 2.45) is 0 Å². The Bertz CT molecular complexity index is 287. The Balaban J connectivity index is 2.34. The topological polar surface area (TPSA) is 88.3 Å². The van der Waals surface area contributed by atoms with Gasteiger partial charge in [-0.15, -0.1) is 0 Å². The quantitative estimate of drug-likeness (QED) is 0.696. The highest BCUT2D eigenvalue weighted by Crippen LogP contribution is 2.01. The molecule has 0 aliphatic heterocycles. The zero-order chi connectivity index (χ0) is 11.1. The highest BCUT2D eigenvalue weighted by atomic mass is 16.5. The molecule has 0 bridgehead atoms. The number of unbranched alkanes of at least 4 members (excludes halogenated alkanes) is 1. The second kappa shape index (κ2) is 6.13. The highest BCUT2D eigenvalue weighted by molar-refractivity contribution is 5.73. The molecule has 0 aromatic carbocycles. The highest BCUT2D eigenvalue weighted by Gasteiger charge is 2.16. The van der Waals surface area contributed by atoms with Gasteiger partial charge in [-0.1, -0.05) is 24.9 Å². The lowest BCUT2D eigenvalue weighted by atomic mass is 10.1. The van der Waals surface area contributed by atoms with E-state index in [0.717, 1.165) is 12.8 Å². The Hall–Kier alpha value is -1.43. The molecular formula is C9H15N3O3. The molecule has 0 aliphatic rings. The fourth-order valence-electron chi connectivity index (χ4n) is 1.21. The summed E-state index contributed by atoms with van der Waals surface area (Å²) in [6.07, 6.45) is 3.70. The van der Waals surface area contributed by atoms with Crippen LogP contribution < -0.4 is 5.32 Å². The molecule has 1 unspecified atom stereocenters. The number of nitrogens with one attached hydrogen (secondary N) is 1. The summed E-state index contributed by atoms with van der Waals surface area (Å²) in [4.78, 5) is 14.6. The molecule has 0 spiro atoms. The Labute approximate surface area is 87.7 Å². The van der Waals surface area contributed by atoms with Crippen molar-refractivity contribution in [3.05, 3.63) is 12.2 Å². The second-order valence-corrected chi connectivity index (χ2v) is 3.26. The monoisotopic (exact) mass is 213 g/mol. The van der Waals surface area contributed by atoms with Crippen LogP contribution in [0.4, 0.5) is 0 Å². The molecule has 0 amide bonds. The van der Waals surface area contributed by atoms with Crippen molar-refractivity contribution in [1.82, 2.24) is 15.5 Å². The number of carbonyl (C=O) groups is 1.